The first-order valence-corrected chi connectivity index (χ1v) is 13.6. The molecule has 0 spiro atoms. The highest BCUT2D eigenvalue weighted by Gasteiger charge is 2.26. The lowest BCUT2D eigenvalue weighted by molar-refractivity contribution is -0.143. The van der Waals surface area contributed by atoms with E-state index in [0.29, 0.717) is 18.1 Å². The van der Waals surface area contributed by atoms with E-state index in [9.17, 15) is 33.9 Å². The zero-order chi connectivity index (χ0) is 32.2. The number of carboxylic acid groups (broad SMARTS) is 3. The van der Waals surface area contributed by atoms with E-state index >= 15 is 0 Å². The van der Waals surface area contributed by atoms with Crippen LogP contribution in [0.5, 0.6) is 0 Å². The summed E-state index contributed by atoms with van der Waals surface area (Å²) in [6.07, 6.45) is 5.66. The normalized spacial score (nSPS) is 12.1. The van der Waals surface area contributed by atoms with Crippen LogP contribution >= 0.6 is 0 Å². The predicted molar refractivity (Wildman–Crippen MR) is 149 cm³/mol. The second kappa shape index (κ2) is 16.1. The third-order valence-corrected chi connectivity index (χ3v) is 6.33. The molecular formula is C27H39N7O9. The Morgan fingerprint density at radius 1 is 0.860 bits per heavy atom. The van der Waals surface area contributed by atoms with Gasteiger partial charge in [0.05, 0.1) is 19.6 Å². The molecule has 236 valence electrons. The van der Waals surface area contributed by atoms with Crippen molar-refractivity contribution in [3.05, 3.63) is 36.4 Å². The van der Waals surface area contributed by atoms with E-state index < -0.39 is 41.7 Å². The van der Waals surface area contributed by atoms with Gasteiger partial charge < -0.3 is 35.1 Å². The summed E-state index contributed by atoms with van der Waals surface area (Å²) in [7, 11) is 0. The quantitative estimate of drug-likeness (QED) is 0.135. The number of aromatic nitrogens is 4. The van der Waals surface area contributed by atoms with Crippen LogP contribution in [0, 0.1) is 5.41 Å². The van der Waals surface area contributed by atoms with Crippen molar-refractivity contribution in [2.75, 3.05) is 13.1 Å². The number of carbonyl (C=O) groups excluding carboxylic acids is 3. The number of aliphatic carboxylic acids is 3. The molecule has 5 N–H and O–H groups in total. The van der Waals surface area contributed by atoms with Crippen LogP contribution in [0.25, 0.3) is 0 Å². The molecule has 2 rings (SSSR count). The van der Waals surface area contributed by atoms with Gasteiger partial charge in [-0.05, 0) is 12.8 Å². The Balaban J connectivity index is 2.14. The SMILES string of the molecule is CC(C)(C)C(=O)CN(Cc1nccn1CC(=O)NCCCC(=O)O)Cc1nccn1CC(=O)N[C@@H](CCC(=O)O)C(=O)O. The highest BCUT2D eigenvalue weighted by Crippen LogP contribution is 2.17. The Hall–Kier alpha value is -4.60. The van der Waals surface area contributed by atoms with Crippen molar-refractivity contribution in [1.82, 2.24) is 34.6 Å². The third kappa shape index (κ3) is 12.4. The van der Waals surface area contributed by atoms with Crippen LogP contribution in [0.3, 0.4) is 0 Å². The third-order valence-electron chi connectivity index (χ3n) is 6.33. The molecule has 0 aromatic carbocycles. The van der Waals surface area contributed by atoms with Crippen LogP contribution in [0.2, 0.25) is 0 Å². The molecule has 2 amide bonds. The molecule has 2 aromatic heterocycles. The fraction of sp³-hybridized carbons (Fsp3) is 0.556. The Morgan fingerprint density at radius 3 is 1.88 bits per heavy atom. The summed E-state index contributed by atoms with van der Waals surface area (Å²) in [5.41, 5.74) is -0.652. The van der Waals surface area contributed by atoms with Crippen molar-refractivity contribution in [1.29, 1.82) is 0 Å². The Morgan fingerprint density at radius 2 is 1.40 bits per heavy atom. The van der Waals surface area contributed by atoms with Gasteiger partial charge in [-0.25, -0.2) is 14.8 Å². The van der Waals surface area contributed by atoms with Crippen LogP contribution in [0.4, 0.5) is 0 Å². The number of rotatable bonds is 19. The molecule has 1 atom stereocenters. The van der Waals surface area contributed by atoms with Crippen molar-refractivity contribution in [2.24, 2.45) is 5.41 Å². The van der Waals surface area contributed by atoms with E-state index in [1.54, 1.807) is 36.4 Å². The highest BCUT2D eigenvalue weighted by atomic mass is 16.4. The molecule has 16 nitrogen and oxygen atoms in total. The average Bonchev–Trinajstić information content (AvgIpc) is 3.52. The van der Waals surface area contributed by atoms with E-state index in [4.69, 9.17) is 10.2 Å². The van der Waals surface area contributed by atoms with Gasteiger partial charge >= 0.3 is 17.9 Å². The van der Waals surface area contributed by atoms with Crippen molar-refractivity contribution >= 4 is 35.5 Å². The lowest BCUT2D eigenvalue weighted by Gasteiger charge is -2.26. The molecule has 0 radical (unpaired) electrons. The first-order valence-electron chi connectivity index (χ1n) is 13.6. The fourth-order valence-corrected chi connectivity index (χ4v) is 3.88. The summed E-state index contributed by atoms with van der Waals surface area (Å²) >= 11 is 0. The minimum atomic E-state index is -1.37. The van der Waals surface area contributed by atoms with E-state index in [2.05, 4.69) is 20.6 Å². The van der Waals surface area contributed by atoms with Crippen LogP contribution in [-0.2, 0) is 54.9 Å². The number of nitrogens with zero attached hydrogens (tertiary/aromatic N) is 5. The second-order valence-electron chi connectivity index (χ2n) is 11.0. The number of amides is 2. The molecule has 2 heterocycles. The standard InChI is InChI=1S/C27H39N7O9/c1-27(2,3)19(35)13-32(14-20-28-9-11-33(20)16-22(36)30-8-4-5-24(38)39)15-21-29-10-12-34(21)17-23(37)31-18(26(42)43)6-7-25(40)41/h9-12,18H,4-8,13-17H2,1-3H3,(H,30,36)(H,31,37)(H,38,39)(H,40,41)(H,42,43)/t18-/m0/s1. The van der Waals surface area contributed by atoms with Gasteiger partial charge in [-0.1, -0.05) is 20.8 Å². The van der Waals surface area contributed by atoms with Gasteiger partial charge in [0.1, 0.15) is 30.8 Å². The van der Waals surface area contributed by atoms with E-state index in [-0.39, 0.29) is 63.8 Å². The number of hydrogen-bond donors (Lipinski definition) is 5. The van der Waals surface area contributed by atoms with Crippen LogP contribution in [0.15, 0.2) is 24.8 Å². The maximum absolute atomic E-state index is 13.0. The summed E-state index contributed by atoms with van der Waals surface area (Å²) in [4.78, 5) is 81.4. The van der Waals surface area contributed by atoms with E-state index in [1.807, 2.05) is 0 Å². The molecule has 2 aromatic rings. The van der Waals surface area contributed by atoms with Gasteiger partial charge in [-0.3, -0.25) is 28.9 Å². The largest absolute Gasteiger partial charge is 0.481 e. The van der Waals surface area contributed by atoms with Crippen molar-refractivity contribution in [2.45, 2.75) is 78.7 Å². The zero-order valence-electron chi connectivity index (χ0n) is 24.5. The van der Waals surface area contributed by atoms with Gasteiger partial charge in [-0.2, -0.15) is 0 Å². The molecule has 0 bridgehead atoms. The summed E-state index contributed by atoms with van der Waals surface area (Å²) < 4.78 is 3.11. The molecule has 16 heteroatoms. The molecule has 0 aliphatic carbocycles. The monoisotopic (exact) mass is 605 g/mol. The van der Waals surface area contributed by atoms with Crippen molar-refractivity contribution in [3.8, 4) is 0 Å². The molecule has 0 unspecified atom stereocenters. The first-order chi connectivity index (χ1) is 20.1. The maximum atomic E-state index is 13.0. The predicted octanol–water partition coefficient (Wildman–Crippen LogP) is 0.112. The minimum absolute atomic E-state index is 0.00702. The zero-order valence-corrected chi connectivity index (χ0v) is 24.5. The Labute approximate surface area is 248 Å². The topological polar surface area (TPSA) is 226 Å². The van der Waals surface area contributed by atoms with E-state index in [1.165, 1.54) is 23.2 Å². The number of nitrogens with one attached hydrogen (secondary N) is 2. The van der Waals surface area contributed by atoms with Gasteiger partial charge in [0, 0.05) is 49.6 Å². The Bertz CT molecular complexity index is 1300. The van der Waals surface area contributed by atoms with Gasteiger partial charge in [0.2, 0.25) is 11.8 Å². The lowest BCUT2D eigenvalue weighted by atomic mass is 9.90. The minimum Gasteiger partial charge on any atom is -0.481 e. The number of ketones is 1. The number of carbonyl (C=O) groups is 6. The summed E-state index contributed by atoms with van der Waals surface area (Å²) in [6.45, 7) is 5.49. The lowest BCUT2D eigenvalue weighted by Crippen LogP contribution is -2.42. The maximum Gasteiger partial charge on any atom is 0.326 e. The molecule has 0 saturated heterocycles. The number of carboxylic acids is 3. The summed E-state index contributed by atoms with van der Waals surface area (Å²) in [6, 6.07) is -1.37. The van der Waals surface area contributed by atoms with Crippen molar-refractivity contribution in [3.63, 3.8) is 0 Å². The molecule has 0 fully saturated rings. The van der Waals surface area contributed by atoms with Crippen LogP contribution in [-0.4, -0.2) is 94.0 Å². The number of imidazole rings is 2. The molecular weight excluding hydrogens is 566 g/mol. The van der Waals surface area contributed by atoms with Crippen molar-refractivity contribution < 1.29 is 44.1 Å². The second-order valence-corrected chi connectivity index (χ2v) is 11.0. The van der Waals surface area contributed by atoms with Gasteiger partial charge in [0.15, 0.2) is 5.78 Å². The fourth-order valence-electron chi connectivity index (χ4n) is 3.88. The summed E-state index contributed by atoms with van der Waals surface area (Å²) in [5, 5.41) is 31.9. The Kier molecular flexibility index (Phi) is 13.0. The molecule has 43 heavy (non-hydrogen) atoms. The number of Topliss-reactive ketones (excluding diaryl/α,β-unsaturated/α-hetero) is 1. The smallest absolute Gasteiger partial charge is 0.326 e. The average molecular weight is 606 g/mol. The van der Waals surface area contributed by atoms with Gasteiger partial charge in [-0.15, -0.1) is 0 Å². The molecule has 0 aliphatic heterocycles. The highest BCUT2D eigenvalue weighted by molar-refractivity contribution is 5.85. The van der Waals surface area contributed by atoms with Crippen LogP contribution in [0.1, 0.15) is 58.1 Å². The van der Waals surface area contributed by atoms with Crippen LogP contribution < -0.4 is 10.6 Å². The first kappa shape index (κ1) is 34.6. The van der Waals surface area contributed by atoms with Gasteiger partial charge in [0.25, 0.3) is 0 Å². The molecule has 0 saturated carbocycles. The molecule has 0 aliphatic rings. The summed E-state index contributed by atoms with van der Waals surface area (Å²) in [5.74, 6) is -3.63. The van der Waals surface area contributed by atoms with E-state index in [0.717, 1.165) is 0 Å². The number of hydrogen-bond acceptors (Lipinski definition) is 9.